The minimum atomic E-state index is -0.173. The van der Waals surface area contributed by atoms with E-state index in [1.54, 1.807) is 11.6 Å². The normalized spacial score (nSPS) is 20.0. The Morgan fingerprint density at radius 3 is 2.56 bits per heavy atom. The average molecular weight is 530 g/mol. The van der Waals surface area contributed by atoms with Gasteiger partial charge in [0.05, 0.1) is 18.7 Å². The quantitative estimate of drug-likeness (QED) is 0.307. The highest BCUT2D eigenvalue weighted by Gasteiger charge is 2.37. The maximum atomic E-state index is 13.5. The van der Waals surface area contributed by atoms with Gasteiger partial charge in [-0.25, -0.2) is 4.79 Å². The lowest BCUT2D eigenvalue weighted by molar-refractivity contribution is -0.0253. The lowest BCUT2D eigenvalue weighted by Crippen LogP contribution is -2.41. The number of fused-ring (bicyclic) bond motifs is 3. The Balaban J connectivity index is 1.27. The largest absolute Gasteiger partial charge is 0.494 e. The highest BCUT2D eigenvalue weighted by molar-refractivity contribution is 6.02. The molecular weight excluding hydrogens is 490 g/mol. The van der Waals surface area contributed by atoms with E-state index in [0.29, 0.717) is 18.9 Å². The zero-order valence-electron chi connectivity index (χ0n) is 23.4. The number of hydrogen-bond acceptors (Lipinski definition) is 6. The molecule has 4 heterocycles. The third-order valence-electron chi connectivity index (χ3n) is 8.51. The van der Waals surface area contributed by atoms with Crippen LogP contribution < -0.4 is 10.4 Å². The van der Waals surface area contributed by atoms with Crippen molar-refractivity contribution in [2.75, 3.05) is 39.5 Å². The van der Waals surface area contributed by atoms with Gasteiger partial charge in [-0.15, -0.1) is 10.2 Å². The van der Waals surface area contributed by atoms with Crippen molar-refractivity contribution >= 4 is 22.1 Å². The summed E-state index contributed by atoms with van der Waals surface area (Å²) in [5.74, 6) is 0.894. The second-order valence-electron chi connectivity index (χ2n) is 11.8. The van der Waals surface area contributed by atoms with Crippen molar-refractivity contribution in [2.24, 2.45) is 12.5 Å². The van der Waals surface area contributed by atoms with E-state index in [1.165, 1.54) is 32.4 Å². The van der Waals surface area contributed by atoms with Crippen LogP contribution in [-0.2, 0) is 11.8 Å². The monoisotopic (exact) mass is 529 g/mol. The van der Waals surface area contributed by atoms with Gasteiger partial charge in [-0.1, -0.05) is 38.5 Å². The molecule has 0 N–H and O–H groups in total. The van der Waals surface area contributed by atoms with Crippen LogP contribution in [-0.4, -0.2) is 63.7 Å². The Labute approximate surface area is 229 Å². The topological polar surface area (TPSA) is 74.4 Å². The molecule has 1 atom stereocenters. The van der Waals surface area contributed by atoms with Crippen LogP contribution in [0.1, 0.15) is 52.0 Å². The van der Waals surface area contributed by atoms with Crippen LogP contribution in [0.25, 0.3) is 33.2 Å². The molecule has 1 unspecified atom stereocenters. The first-order valence-electron chi connectivity index (χ1n) is 14.3. The molecule has 0 aliphatic carbocycles. The summed E-state index contributed by atoms with van der Waals surface area (Å²) < 4.78 is 15.4. The Morgan fingerprint density at radius 2 is 1.79 bits per heavy atom. The molecule has 0 radical (unpaired) electrons. The van der Waals surface area contributed by atoms with E-state index in [4.69, 9.17) is 9.47 Å². The molecule has 2 aliphatic heterocycles. The van der Waals surface area contributed by atoms with Crippen molar-refractivity contribution < 1.29 is 9.47 Å². The van der Waals surface area contributed by atoms with Crippen molar-refractivity contribution in [3.8, 4) is 16.9 Å². The fraction of sp³-hybridized carbons (Fsp3) is 0.516. The predicted octanol–water partition coefficient (Wildman–Crippen LogP) is 5.19. The van der Waals surface area contributed by atoms with E-state index < -0.39 is 0 Å². The number of ether oxygens (including phenoxy) is 2. The highest BCUT2D eigenvalue weighted by atomic mass is 16.5. The number of benzene rings is 2. The molecule has 0 bridgehead atoms. The molecule has 0 amide bonds. The smallest absolute Gasteiger partial charge is 0.330 e. The van der Waals surface area contributed by atoms with Crippen LogP contribution in [0.5, 0.6) is 5.75 Å². The molecule has 206 valence electrons. The zero-order chi connectivity index (χ0) is 27.0. The second kappa shape index (κ2) is 10.7. The van der Waals surface area contributed by atoms with Crippen molar-refractivity contribution in [1.29, 1.82) is 0 Å². The molecule has 8 nitrogen and oxygen atoms in total. The second-order valence-corrected chi connectivity index (χ2v) is 11.8. The summed E-state index contributed by atoms with van der Waals surface area (Å²) in [6.45, 7) is 9.90. The molecule has 8 heteroatoms. The van der Waals surface area contributed by atoms with E-state index in [9.17, 15) is 4.79 Å². The Morgan fingerprint density at radius 1 is 1.03 bits per heavy atom. The molecule has 0 saturated carbocycles. The van der Waals surface area contributed by atoms with Gasteiger partial charge >= 0.3 is 5.69 Å². The van der Waals surface area contributed by atoms with Gasteiger partial charge in [0, 0.05) is 37.0 Å². The van der Waals surface area contributed by atoms with Gasteiger partial charge in [-0.3, -0.25) is 9.13 Å². The fourth-order valence-electron chi connectivity index (χ4n) is 6.26. The van der Waals surface area contributed by atoms with Crippen LogP contribution in [0.2, 0.25) is 0 Å². The van der Waals surface area contributed by atoms with E-state index >= 15 is 0 Å². The van der Waals surface area contributed by atoms with Crippen molar-refractivity contribution in [1.82, 2.24) is 24.2 Å². The number of aryl methyl sites for hydroxylation is 1. The molecule has 2 aromatic heterocycles. The van der Waals surface area contributed by atoms with E-state index in [1.807, 2.05) is 22.8 Å². The number of rotatable bonds is 7. The Hall–Kier alpha value is -3.23. The zero-order valence-corrected chi connectivity index (χ0v) is 23.4. The van der Waals surface area contributed by atoms with Gasteiger partial charge in [-0.05, 0) is 74.2 Å². The van der Waals surface area contributed by atoms with E-state index in [0.717, 1.165) is 59.3 Å². The fourth-order valence-corrected chi connectivity index (χ4v) is 6.26. The lowest BCUT2D eigenvalue weighted by atomic mass is 9.81. The van der Waals surface area contributed by atoms with Gasteiger partial charge in [-0.2, -0.15) is 0 Å². The van der Waals surface area contributed by atoms with Gasteiger partial charge in [0.15, 0.2) is 5.65 Å². The summed E-state index contributed by atoms with van der Waals surface area (Å²) in [5.41, 5.74) is 4.18. The lowest BCUT2D eigenvalue weighted by Gasteiger charge is -2.38. The maximum Gasteiger partial charge on any atom is 0.330 e. The minimum Gasteiger partial charge on any atom is -0.494 e. The summed E-state index contributed by atoms with van der Waals surface area (Å²) in [4.78, 5) is 16.1. The number of imidazole rings is 1. The van der Waals surface area contributed by atoms with Crippen LogP contribution in [0.3, 0.4) is 0 Å². The molecule has 0 spiro atoms. The molecule has 2 saturated heterocycles. The van der Waals surface area contributed by atoms with Crippen molar-refractivity contribution in [3.05, 3.63) is 52.9 Å². The molecule has 2 aliphatic rings. The third kappa shape index (κ3) is 5.08. The number of nitrogens with zero attached hydrogens (tertiary/aromatic N) is 5. The SMILES string of the molecule is Cn1c(=O)n(C2CCOCC2(C)C)c2c3cc(-c4ccc(OCCCN5CCCCC5)cc4)ccc3nnc21. The minimum absolute atomic E-state index is 0.0184. The molecule has 6 rings (SSSR count). The van der Waals surface area contributed by atoms with Gasteiger partial charge in [0.1, 0.15) is 11.3 Å². The van der Waals surface area contributed by atoms with Crippen molar-refractivity contribution in [2.45, 2.75) is 52.0 Å². The molecule has 39 heavy (non-hydrogen) atoms. The first-order chi connectivity index (χ1) is 18.9. The Kier molecular flexibility index (Phi) is 7.16. The van der Waals surface area contributed by atoms with Gasteiger partial charge < -0.3 is 14.4 Å². The summed E-state index contributed by atoms with van der Waals surface area (Å²) >= 11 is 0. The van der Waals surface area contributed by atoms with E-state index in [-0.39, 0.29) is 17.1 Å². The standard InChI is InChI=1S/C31H39N5O3/c1-31(2)21-38-19-14-27(31)36-28-25-20-23(10-13-26(25)32-33-29(28)34(3)30(36)37)22-8-11-24(12-9-22)39-18-7-17-35-15-5-4-6-16-35/h8-13,20,27H,4-7,14-19,21H2,1-3H3. The summed E-state index contributed by atoms with van der Waals surface area (Å²) in [7, 11) is 1.78. The van der Waals surface area contributed by atoms with Crippen LogP contribution in [0.4, 0.5) is 0 Å². The van der Waals surface area contributed by atoms with E-state index in [2.05, 4.69) is 53.2 Å². The third-order valence-corrected chi connectivity index (χ3v) is 8.51. The number of piperidine rings is 1. The first-order valence-corrected chi connectivity index (χ1v) is 14.3. The average Bonchev–Trinajstić information content (AvgIpc) is 3.21. The summed E-state index contributed by atoms with van der Waals surface area (Å²) in [5, 5.41) is 9.85. The highest BCUT2D eigenvalue weighted by Crippen LogP contribution is 2.39. The number of likely N-dealkylation sites (tertiary alicyclic amines) is 1. The van der Waals surface area contributed by atoms with Gasteiger partial charge in [0.25, 0.3) is 0 Å². The van der Waals surface area contributed by atoms with Crippen LogP contribution >= 0.6 is 0 Å². The summed E-state index contributed by atoms with van der Waals surface area (Å²) in [6, 6.07) is 14.5. The molecule has 2 aromatic carbocycles. The van der Waals surface area contributed by atoms with Crippen LogP contribution in [0, 0.1) is 5.41 Å². The van der Waals surface area contributed by atoms with Crippen LogP contribution in [0.15, 0.2) is 47.3 Å². The first kappa shape index (κ1) is 26.0. The molecule has 2 fully saturated rings. The molecule has 4 aromatic rings. The number of aromatic nitrogens is 4. The Bertz CT molecular complexity index is 1520. The predicted molar refractivity (Wildman–Crippen MR) is 154 cm³/mol. The van der Waals surface area contributed by atoms with Gasteiger partial charge in [0.2, 0.25) is 0 Å². The van der Waals surface area contributed by atoms with Crippen molar-refractivity contribution in [3.63, 3.8) is 0 Å². The molecular formula is C31H39N5O3. The summed E-state index contributed by atoms with van der Waals surface area (Å²) in [6.07, 6.45) is 5.85. The number of hydrogen-bond donors (Lipinski definition) is 0. The maximum absolute atomic E-state index is 13.5.